The summed E-state index contributed by atoms with van der Waals surface area (Å²) in [5, 5.41) is 9.25. The van der Waals surface area contributed by atoms with Gasteiger partial charge < -0.3 is 10.2 Å². The largest absolute Gasteiger partial charge is 0.356 e. The zero-order valence-corrected chi connectivity index (χ0v) is 18.7. The van der Waals surface area contributed by atoms with Crippen LogP contribution in [0.25, 0.3) is 11.0 Å². The standard InChI is InChI=1S/C20H23BrN6OS/c1-2-29-20-24-17(26-10-3-4-11-26)16-13-23-27(18(16)25-20)12-9-22-19(28)14-5-7-15(21)8-6-14/h5-8,13H,2-4,9-12H2,1H3,(H,22,28). The molecule has 3 heterocycles. The fraction of sp³-hybridized carbons (Fsp3) is 0.400. The molecule has 1 N–H and O–H groups in total. The highest BCUT2D eigenvalue weighted by atomic mass is 79.9. The molecule has 0 unspecified atom stereocenters. The second-order valence-electron chi connectivity index (χ2n) is 6.82. The average molecular weight is 475 g/mol. The van der Waals surface area contributed by atoms with Crippen molar-refractivity contribution in [2.24, 2.45) is 0 Å². The van der Waals surface area contributed by atoms with E-state index < -0.39 is 0 Å². The molecule has 9 heteroatoms. The highest BCUT2D eigenvalue weighted by Gasteiger charge is 2.20. The number of hydrogen-bond acceptors (Lipinski definition) is 6. The monoisotopic (exact) mass is 474 g/mol. The molecule has 0 spiro atoms. The number of hydrogen-bond donors (Lipinski definition) is 1. The van der Waals surface area contributed by atoms with Gasteiger partial charge in [0.25, 0.3) is 5.91 Å². The molecule has 0 bridgehead atoms. The van der Waals surface area contributed by atoms with Gasteiger partial charge in [0.05, 0.1) is 18.1 Å². The Morgan fingerprint density at radius 3 is 2.69 bits per heavy atom. The summed E-state index contributed by atoms with van der Waals surface area (Å²) in [5.74, 6) is 1.81. The van der Waals surface area contributed by atoms with Crippen LogP contribution in [0.4, 0.5) is 5.82 Å². The maximum absolute atomic E-state index is 12.3. The molecular weight excluding hydrogens is 452 g/mol. The number of nitrogens with one attached hydrogen (secondary N) is 1. The highest BCUT2D eigenvalue weighted by molar-refractivity contribution is 9.10. The number of halogens is 1. The molecule has 1 aliphatic rings. The van der Waals surface area contributed by atoms with E-state index in [1.165, 1.54) is 12.8 Å². The van der Waals surface area contributed by atoms with Crippen molar-refractivity contribution in [1.82, 2.24) is 25.1 Å². The molecule has 29 heavy (non-hydrogen) atoms. The second-order valence-corrected chi connectivity index (χ2v) is 8.97. The first-order valence-electron chi connectivity index (χ1n) is 9.81. The van der Waals surface area contributed by atoms with Crippen molar-refractivity contribution < 1.29 is 4.79 Å². The van der Waals surface area contributed by atoms with Crippen molar-refractivity contribution in [3.05, 3.63) is 40.5 Å². The quantitative estimate of drug-likeness (QED) is 0.415. The predicted octanol–water partition coefficient (Wildman–Crippen LogP) is 3.73. The van der Waals surface area contributed by atoms with Crippen molar-refractivity contribution in [2.75, 3.05) is 30.3 Å². The van der Waals surface area contributed by atoms with Gasteiger partial charge in [-0.25, -0.2) is 14.6 Å². The highest BCUT2D eigenvalue weighted by Crippen LogP contribution is 2.29. The van der Waals surface area contributed by atoms with Gasteiger partial charge in [-0.15, -0.1) is 0 Å². The Morgan fingerprint density at radius 2 is 1.97 bits per heavy atom. The molecule has 0 atom stereocenters. The van der Waals surface area contributed by atoms with Gasteiger partial charge in [0, 0.05) is 29.7 Å². The number of anilines is 1. The van der Waals surface area contributed by atoms with E-state index >= 15 is 0 Å². The first-order valence-corrected chi connectivity index (χ1v) is 11.6. The van der Waals surface area contributed by atoms with Crippen LogP contribution >= 0.6 is 27.7 Å². The van der Waals surface area contributed by atoms with Gasteiger partial charge in [-0.2, -0.15) is 5.10 Å². The van der Waals surface area contributed by atoms with Crippen LogP contribution in [-0.2, 0) is 6.54 Å². The van der Waals surface area contributed by atoms with Crippen molar-refractivity contribution in [2.45, 2.75) is 31.5 Å². The van der Waals surface area contributed by atoms with E-state index in [1.54, 1.807) is 23.9 Å². The molecule has 0 aliphatic carbocycles. The minimum atomic E-state index is -0.0939. The van der Waals surface area contributed by atoms with Gasteiger partial charge in [0.2, 0.25) is 0 Å². The van der Waals surface area contributed by atoms with Crippen LogP contribution in [0.1, 0.15) is 30.1 Å². The number of nitrogens with zero attached hydrogens (tertiary/aromatic N) is 5. The third-order valence-electron chi connectivity index (χ3n) is 4.85. The second kappa shape index (κ2) is 9.13. The van der Waals surface area contributed by atoms with Crippen LogP contribution in [0.15, 0.2) is 40.1 Å². The molecule has 152 valence electrons. The van der Waals surface area contributed by atoms with Crippen LogP contribution in [0.2, 0.25) is 0 Å². The third-order valence-corrected chi connectivity index (χ3v) is 6.11. The van der Waals surface area contributed by atoms with Gasteiger partial charge in [0.1, 0.15) is 5.82 Å². The molecule has 1 aliphatic heterocycles. The number of benzene rings is 1. The summed E-state index contributed by atoms with van der Waals surface area (Å²) in [6.45, 7) is 5.18. The lowest BCUT2D eigenvalue weighted by Gasteiger charge is -2.17. The minimum Gasteiger partial charge on any atom is -0.356 e. The Labute approximate surface area is 182 Å². The number of carbonyl (C=O) groups is 1. The summed E-state index contributed by atoms with van der Waals surface area (Å²) in [4.78, 5) is 24.2. The number of amides is 1. The lowest BCUT2D eigenvalue weighted by molar-refractivity contribution is 0.0952. The van der Waals surface area contributed by atoms with Crippen LogP contribution in [0.3, 0.4) is 0 Å². The normalized spacial score (nSPS) is 13.9. The number of rotatable bonds is 7. The zero-order chi connectivity index (χ0) is 20.2. The van der Waals surface area contributed by atoms with Crippen LogP contribution in [0, 0.1) is 0 Å². The summed E-state index contributed by atoms with van der Waals surface area (Å²) in [5.41, 5.74) is 1.47. The molecule has 0 saturated carbocycles. The van der Waals surface area contributed by atoms with Gasteiger partial charge in [0.15, 0.2) is 10.8 Å². The molecule has 1 amide bonds. The third kappa shape index (κ3) is 4.56. The van der Waals surface area contributed by atoms with Crippen LogP contribution in [0.5, 0.6) is 0 Å². The summed E-state index contributed by atoms with van der Waals surface area (Å²) < 4.78 is 2.81. The maximum atomic E-state index is 12.3. The summed E-state index contributed by atoms with van der Waals surface area (Å²) in [6.07, 6.45) is 4.23. The predicted molar refractivity (Wildman–Crippen MR) is 120 cm³/mol. The molecule has 0 radical (unpaired) electrons. The van der Waals surface area contributed by atoms with E-state index in [2.05, 4.69) is 38.2 Å². The Bertz CT molecular complexity index is 1000. The first kappa shape index (κ1) is 20.2. The van der Waals surface area contributed by atoms with Crippen molar-refractivity contribution >= 4 is 50.5 Å². The minimum absolute atomic E-state index is 0.0939. The SMILES string of the molecule is CCSc1nc(N2CCCC2)c2cnn(CCNC(=O)c3ccc(Br)cc3)c2n1. The van der Waals surface area contributed by atoms with Gasteiger partial charge in [-0.3, -0.25) is 4.79 Å². The fourth-order valence-corrected chi connectivity index (χ4v) is 4.25. The van der Waals surface area contributed by atoms with E-state index in [9.17, 15) is 4.79 Å². The number of thioether (sulfide) groups is 1. The molecule has 2 aromatic heterocycles. The lowest BCUT2D eigenvalue weighted by Crippen LogP contribution is -2.27. The van der Waals surface area contributed by atoms with Crippen molar-refractivity contribution in [3.8, 4) is 0 Å². The van der Waals surface area contributed by atoms with Gasteiger partial charge in [-0.05, 0) is 42.9 Å². The molecule has 1 fully saturated rings. The van der Waals surface area contributed by atoms with E-state index in [-0.39, 0.29) is 5.91 Å². The number of carbonyl (C=O) groups excluding carboxylic acids is 1. The molecule has 7 nitrogen and oxygen atoms in total. The topological polar surface area (TPSA) is 75.9 Å². The Morgan fingerprint density at radius 1 is 1.21 bits per heavy atom. The number of fused-ring (bicyclic) bond motifs is 1. The first-order chi connectivity index (χ1) is 14.2. The van der Waals surface area contributed by atoms with E-state index in [4.69, 9.17) is 9.97 Å². The maximum Gasteiger partial charge on any atom is 0.251 e. The lowest BCUT2D eigenvalue weighted by atomic mass is 10.2. The van der Waals surface area contributed by atoms with Gasteiger partial charge in [-0.1, -0.05) is 34.6 Å². The van der Waals surface area contributed by atoms with Crippen LogP contribution < -0.4 is 10.2 Å². The summed E-state index contributed by atoms with van der Waals surface area (Å²) >= 11 is 5.02. The number of aromatic nitrogens is 4. The smallest absolute Gasteiger partial charge is 0.251 e. The van der Waals surface area contributed by atoms with E-state index in [1.807, 2.05) is 23.0 Å². The molecule has 1 aromatic carbocycles. The van der Waals surface area contributed by atoms with Crippen LogP contribution in [-0.4, -0.2) is 51.0 Å². The van der Waals surface area contributed by atoms with Gasteiger partial charge >= 0.3 is 0 Å². The molecule has 4 rings (SSSR count). The van der Waals surface area contributed by atoms with Crippen molar-refractivity contribution in [1.29, 1.82) is 0 Å². The summed E-state index contributed by atoms with van der Waals surface area (Å²) in [7, 11) is 0. The van der Waals surface area contributed by atoms with Crippen molar-refractivity contribution in [3.63, 3.8) is 0 Å². The summed E-state index contributed by atoms with van der Waals surface area (Å²) in [6, 6.07) is 7.32. The molecule has 1 saturated heterocycles. The Kier molecular flexibility index (Phi) is 6.34. The zero-order valence-electron chi connectivity index (χ0n) is 16.3. The average Bonchev–Trinajstić information content (AvgIpc) is 3.39. The fourth-order valence-electron chi connectivity index (χ4n) is 3.43. The van der Waals surface area contributed by atoms with E-state index in [0.29, 0.717) is 18.7 Å². The Hall–Kier alpha value is -2.13. The molecule has 3 aromatic rings. The molecular formula is C20H23BrN6OS. The Balaban J connectivity index is 1.51. The van der Waals surface area contributed by atoms with E-state index in [0.717, 1.165) is 45.3 Å².